The molecule has 20 heavy (non-hydrogen) atoms. The molecule has 0 amide bonds. The first-order valence-electron chi connectivity index (χ1n) is 5.22. The van der Waals surface area contributed by atoms with Crippen LogP contribution in [0.1, 0.15) is 5.56 Å². The minimum absolute atomic E-state index is 0.00183. The van der Waals surface area contributed by atoms with E-state index in [1.165, 1.54) is 0 Å². The van der Waals surface area contributed by atoms with Crippen molar-refractivity contribution in [1.82, 2.24) is 0 Å². The number of hydrogen-bond donors (Lipinski definition) is 0. The van der Waals surface area contributed by atoms with Gasteiger partial charge in [-0.3, -0.25) is 0 Å². The van der Waals surface area contributed by atoms with Gasteiger partial charge in [0.05, 0.1) is 20.6 Å². The molecule has 2 rings (SSSR count). The summed E-state index contributed by atoms with van der Waals surface area (Å²) in [4.78, 5) is 0. The average Bonchev–Trinajstić information content (AvgIpc) is 2.34. The summed E-state index contributed by atoms with van der Waals surface area (Å²) in [5.74, 6) is -1.02. The normalized spacial score (nSPS) is 11.8. The summed E-state index contributed by atoms with van der Waals surface area (Å²) in [6.45, 7) is 0. The van der Waals surface area contributed by atoms with Crippen LogP contribution in [0.2, 0.25) is 15.1 Å². The zero-order chi connectivity index (χ0) is 15.1. The van der Waals surface area contributed by atoms with Gasteiger partial charge < -0.3 is 0 Å². The van der Waals surface area contributed by atoms with Crippen LogP contribution in [-0.4, -0.2) is 0 Å². The van der Waals surface area contributed by atoms with E-state index in [9.17, 15) is 17.6 Å². The number of rotatable bonds is 1. The van der Waals surface area contributed by atoms with E-state index in [-0.39, 0.29) is 20.6 Å². The second kappa shape index (κ2) is 5.43. The number of halogens is 7. The fourth-order valence-corrected chi connectivity index (χ4v) is 2.35. The maximum absolute atomic E-state index is 13.8. The van der Waals surface area contributed by atoms with Crippen LogP contribution in [0, 0.1) is 5.82 Å². The van der Waals surface area contributed by atoms with Crippen LogP contribution in [0.3, 0.4) is 0 Å². The molecule has 0 radical (unpaired) electrons. The van der Waals surface area contributed by atoms with Crippen molar-refractivity contribution in [2.45, 2.75) is 6.18 Å². The van der Waals surface area contributed by atoms with E-state index >= 15 is 0 Å². The van der Waals surface area contributed by atoms with Crippen LogP contribution in [-0.2, 0) is 6.18 Å². The van der Waals surface area contributed by atoms with Crippen molar-refractivity contribution in [3.8, 4) is 11.1 Å². The van der Waals surface area contributed by atoms with Crippen molar-refractivity contribution >= 4 is 34.8 Å². The second-order valence-electron chi connectivity index (χ2n) is 3.91. The highest BCUT2D eigenvalue weighted by molar-refractivity contribution is 6.48. The largest absolute Gasteiger partial charge is 0.417 e. The van der Waals surface area contributed by atoms with Crippen LogP contribution in [0.5, 0.6) is 0 Å². The molecule has 0 N–H and O–H groups in total. The molecule has 2 aromatic carbocycles. The number of hydrogen-bond acceptors (Lipinski definition) is 0. The molecule has 106 valence electrons. The SMILES string of the molecule is Fc1cccc(C(F)(F)F)c1-c1cc(Cl)c(Cl)c(Cl)c1. The molecule has 0 fully saturated rings. The van der Waals surface area contributed by atoms with E-state index in [0.717, 1.165) is 30.3 Å². The number of benzene rings is 2. The van der Waals surface area contributed by atoms with E-state index in [0.29, 0.717) is 0 Å². The highest BCUT2D eigenvalue weighted by atomic mass is 35.5. The monoisotopic (exact) mass is 342 g/mol. The lowest BCUT2D eigenvalue weighted by molar-refractivity contribution is -0.137. The van der Waals surface area contributed by atoms with Gasteiger partial charge in [-0.05, 0) is 29.8 Å². The summed E-state index contributed by atoms with van der Waals surface area (Å²) < 4.78 is 52.6. The van der Waals surface area contributed by atoms with Gasteiger partial charge in [0, 0.05) is 5.56 Å². The smallest absolute Gasteiger partial charge is 0.206 e. The highest BCUT2D eigenvalue weighted by Gasteiger charge is 2.35. The average molecular weight is 344 g/mol. The fourth-order valence-electron chi connectivity index (χ4n) is 1.75. The van der Waals surface area contributed by atoms with Crippen LogP contribution in [0.4, 0.5) is 17.6 Å². The van der Waals surface area contributed by atoms with Gasteiger partial charge in [0.2, 0.25) is 0 Å². The Hall–Kier alpha value is -0.970. The lowest BCUT2D eigenvalue weighted by Crippen LogP contribution is -2.08. The van der Waals surface area contributed by atoms with E-state index in [2.05, 4.69) is 0 Å². The molecule has 0 aliphatic rings. The molecular weight excluding hydrogens is 338 g/mol. The fraction of sp³-hybridized carbons (Fsp3) is 0.0769. The van der Waals surface area contributed by atoms with Gasteiger partial charge >= 0.3 is 6.18 Å². The summed E-state index contributed by atoms with van der Waals surface area (Å²) in [6.07, 6.45) is -4.70. The molecule has 0 heterocycles. The van der Waals surface area contributed by atoms with Gasteiger partial charge in [-0.15, -0.1) is 0 Å². The zero-order valence-electron chi connectivity index (χ0n) is 9.53. The molecule has 0 unspecified atom stereocenters. The molecule has 0 nitrogen and oxygen atoms in total. The Balaban J connectivity index is 2.76. The Morgan fingerprint density at radius 2 is 1.45 bits per heavy atom. The van der Waals surface area contributed by atoms with Crippen molar-refractivity contribution in [2.75, 3.05) is 0 Å². The molecule has 0 aromatic heterocycles. The van der Waals surface area contributed by atoms with E-state index in [1.54, 1.807) is 0 Å². The van der Waals surface area contributed by atoms with Crippen LogP contribution < -0.4 is 0 Å². The standard InChI is InChI=1S/C13H5Cl3F4/c14-8-4-6(5-9(15)12(8)16)11-7(13(18,19)20)2-1-3-10(11)17/h1-5H. The lowest BCUT2D eigenvalue weighted by Gasteiger charge is -2.14. The Bertz CT molecular complexity index is 642. The van der Waals surface area contributed by atoms with Crippen molar-refractivity contribution in [3.63, 3.8) is 0 Å². The van der Waals surface area contributed by atoms with Crippen molar-refractivity contribution in [3.05, 3.63) is 56.8 Å². The molecule has 7 heteroatoms. The molecule has 0 saturated carbocycles. The maximum atomic E-state index is 13.8. The zero-order valence-corrected chi connectivity index (χ0v) is 11.8. The van der Waals surface area contributed by atoms with E-state index < -0.39 is 23.1 Å². The lowest BCUT2D eigenvalue weighted by atomic mass is 9.98. The van der Waals surface area contributed by atoms with E-state index in [4.69, 9.17) is 34.8 Å². The Labute approximate surface area is 126 Å². The van der Waals surface area contributed by atoms with Crippen molar-refractivity contribution in [1.29, 1.82) is 0 Å². The molecular formula is C13H5Cl3F4. The molecule has 0 saturated heterocycles. The molecule has 0 spiro atoms. The summed E-state index contributed by atoms with van der Waals surface area (Å²) in [5, 5.41) is -0.0990. The topological polar surface area (TPSA) is 0 Å². The predicted molar refractivity (Wildman–Crippen MR) is 71.9 cm³/mol. The Kier molecular flexibility index (Phi) is 4.19. The van der Waals surface area contributed by atoms with E-state index in [1.807, 2.05) is 0 Å². The molecule has 0 bridgehead atoms. The summed E-state index contributed by atoms with van der Waals surface area (Å²) in [5.41, 5.74) is -1.80. The minimum atomic E-state index is -4.70. The summed E-state index contributed by atoms with van der Waals surface area (Å²) in [6, 6.07) is 4.99. The van der Waals surface area contributed by atoms with Crippen molar-refractivity contribution < 1.29 is 17.6 Å². The van der Waals surface area contributed by atoms with Crippen LogP contribution >= 0.6 is 34.8 Å². The van der Waals surface area contributed by atoms with Crippen LogP contribution in [0.15, 0.2) is 30.3 Å². The first kappa shape index (κ1) is 15.4. The van der Waals surface area contributed by atoms with Gasteiger partial charge in [-0.1, -0.05) is 40.9 Å². The summed E-state index contributed by atoms with van der Waals surface area (Å²) in [7, 11) is 0. The third-order valence-electron chi connectivity index (χ3n) is 2.59. The molecule has 0 atom stereocenters. The summed E-state index contributed by atoms with van der Waals surface area (Å²) >= 11 is 17.3. The third kappa shape index (κ3) is 2.87. The quantitative estimate of drug-likeness (QED) is 0.411. The Morgan fingerprint density at radius 1 is 0.900 bits per heavy atom. The molecule has 0 aliphatic heterocycles. The Morgan fingerprint density at radius 3 is 1.95 bits per heavy atom. The first-order chi connectivity index (χ1) is 9.21. The predicted octanol–water partition coefficient (Wildman–Crippen LogP) is 6.47. The van der Waals surface area contributed by atoms with Gasteiger partial charge in [-0.25, -0.2) is 4.39 Å². The minimum Gasteiger partial charge on any atom is -0.206 e. The third-order valence-corrected chi connectivity index (χ3v) is 3.79. The van der Waals surface area contributed by atoms with Gasteiger partial charge in [-0.2, -0.15) is 13.2 Å². The number of alkyl halides is 3. The van der Waals surface area contributed by atoms with Gasteiger partial charge in [0.1, 0.15) is 5.82 Å². The van der Waals surface area contributed by atoms with Gasteiger partial charge in [0.25, 0.3) is 0 Å². The van der Waals surface area contributed by atoms with Gasteiger partial charge in [0.15, 0.2) is 0 Å². The second-order valence-corrected chi connectivity index (χ2v) is 5.11. The van der Waals surface area contributed by atoms with Crippen LogP contribution in [0.25, 0.3) is 11.1 Å². The first-order valence-corrected chi connectivity index (χ1v) is 6.36. The molecule has 2 aromatic rings. The maximum Gasteiger partial charge on any atom is 0.417 e. The highest BCUT2D eigenvalue weighted by Crippen LogP contribution is 2.41. The van der Waals surface area contributed by atoms with Crippen molar-refractivity contribution in [2.24, 2.45) is 0 Å². The molecule has 0 aliphatic carbocycles.